The van der Waals surface area contributed by atoms with Crippen LogP contribution >= 0.6 is 0 Å². The molecule has 0 aromatic carbocycles. The standard InChI is InChI=1S/C9H17NO2.C8H17NO.C8H18O.C6H11N3.C6H12O2.2CH4/c1-7(2)5-10-8(11)12-6-9(10,3)4;1-6(2)7(10)9-8(3,4)5;1-7(2)5-6-8(3,4)9;1-6(2)3-9-5-7-4-8-9;1-4-8-6(7)5(2)3;;/h7H,5-6H2,1-4H3;6H,1-5H3,(H,9,10);7,9H,5-6H2,1-4H3;4-6H,3H2,1-2H3;5H,4H2,1-3H3;2*1H4. The van der Waals surface area contributed by atoms with Crippen molar-refractivity contribution in [2.24, 2.45) is 29.6 Å². The van der Waals surface area contributed by atoms with Crippen LogP contribution in [0.25, 0.3) is 0 Å². The maximum atomic E-state index is 11.2. The molecule has 0 atom stereocenters. The summed E-state index contributed by atoms with van der Waals surface area (Å²) in [6.07, 6.45) is 5.14. The van der Waals surface area contributed by atoms with E-state index in [4.69, 9.17) is 4.74 Å². The molecule has 2 rings (SSSR count). The Morgan fingerprint density at radius 2 is 1.42 bits per heavy atom. The van der Waals surface area contributed by atoms with Gasteiger partial charge in [-0.05, 0) is 86.0 Å². The molecule has 0 spiro atoms. The van der Waals surface area contributed by atoms with Crippen LogP contribution in [0.3, 0.4) is 0 Å². The second-order valence-corrected chi connectivity index (χ2v) is 16.4. The van der Waals surface area contributed by atoms with E-state index in [2.05, 4.69) is 61.7 Å². The highest BCUT2D eigenvalue weighted by Crippen LogP contribution is 2.24. The Hall–Kier alpha value is -2.69. The fourth-order valence-electron chi connectivity index (χ4n) is 3.49. The number of carbonyl (C=O) groups is 3. The van der Waals surface area contributed by atoms with Crippen molar-refractivity contribution in [1.29, 1.82) is 0 Å². The molecule has 2 amide bonds. The molecule has 1 saturated heterocycles. The van der Waals surface area contributed by atoms with E-state index in [0.29, 0.717) is 31.0 Å². The first-order valence-corrected chi connectivity index (χ1v) is 17.6. The molecule has 0 saturated carbocycles. The third kappa shape index (κ3) is 35.1. The van der Waals surface area contributed by atoms with Crippen LogP contribution in [-0.2, 0) is 25.6 Å². The summed E-state index contributed by atoms with van der Waals surface area (Å²) in [5.74, 6) is 1.94. The number of nitrogens with zero attached hydrogens (tertiary/aromatic N) is 4. The lowest BCUT2D eigenvalue weighted by molar-refractivity contribution is -0.146. The molecule has 1 aliphatic heterocycles. The Morgan fingerprint density at radius 1 is 0.920 bits per heavy atom. The fourth-order valence-corrected chi connectivity index (χ4v) is 3.49. The molecule has 50 heavy (non-hydrogen) atoms. The number of carbonyl (C=O) groups excluding carboxylic acids is 3. The second kappa shape index (κ2) is 28.0. The van der Waals surface area contributed by atoms with Crippen molar-refractivity contribution >= 4 is 18.0 Å². The number of aromatic nitrogens is 3. The van der Waals surface area contributed by atoms with Crippen LogP contribution in [0.15, 0.2) is 12.7 Å². The van der Waals surface area contributed by atoms with Gasteiger partial charge in [0, 0.05) is 24.5 Å². The van der Waals surface area contributed by atoms with Gasteiger partial charge in [0.15, 0.2) is 0 Å². The first-order chi connectivity index (χ1) is 21.6. The third-order valence-electron chi connectivity index (χ3n) is 6.18. The van der Waals surface area contributed by atoms with Crippen molar-refractivity contribution in [3.63, 3.8) is 0 Å². The summed E-state index contributed by atoms with van der Waals surface area (Å²) in [4.78, 5) is 38.4. The summed E-state index contributed by atoms with van der Waals surface area (Å²) in [5.41, 5.74) is -0.688. The van der Waals surface area contributed by atoms with E-state index in [-0.39, 0.29) is 55.7 Å². The summed E-state index contributed by atoms with van der Waals surface area (Å²) < 4.78 is 11.5. The molecule has 0 radical (unpaired) electrons. The minimum Gasteiger partial charge on any atom is -0.466 e. The molecule has 0 bridgehead atoms. The van der Waals surface area contributed by atoms with Crippen molar-refractivity contribution < 1.29 is 29.0 Å². The normalized spacial score (nSPS) is 13.3. The van der Waals surface area contributed by atoms with Gasteiger partial charge in [-0.2, -0.15) is 5.10 Å². The summed E-state index contributed by atoms with van der Waals surface area (Å²) in [7, 11) is 0. The van der Waals surface area contributed by atoms with Gasteiger partial charge in [0.1, 0.15) is 19.3 Å². The number of amides is 2. The van der Waals surface area contributed by atoms with Crippen LogP contribution in [0.5, 0.6) is 0 Å². The number of nitrogens with one attached hydrogen (secondary N) is 1. The highest BCUT2D eigenvalue weighted by molar-refractivity contribution is 5.78. The summed E-state index contributed by atoms with van der Waals surface area (Å²) in [6, 6.07) is 0. The van der Waals surface area contributed by atoms with Crippen molar-refractivity contribution in [2.75, 3.05) is 19.8 Å². The van der Waals surface area contributed by atoms with Gasteiger partial charge in [0.05, 0.1) is 23.7 Å². The molecule has 2 heterocycles. The molecule has 1 aromatic heterocycles. The van der Waals surface area contributed by atoms with Gasteiger partial charge in [-0.1, -0.05) is 84.1 Å². The molecule has 11 heteroatoms. The molecule has 1 fully saturated rings. The molecule has 1 aromatic rings. The largest absolute Gasteiger partial charge is 0.466 e. The lowest BCUT2D eigenvalue weighted by atomic mass is 9.97. The lowest BCUT2D eigenvalue weighted by Crippen LogP contribution is -2.43. The number of hydrogen-bond acceptors (Lipinski definition) is 8. The monoisotopic (exact) mass is 718 g/mol. The van der Waals surface area contributed by atoms with Crippen LogP contribution in [0.1, 0.15) is 152 Å². The van der Waals surface area contributed by atoms with E-state index in [1.165, 1.54) is 0 Å². The van der Waals surface area contributed by atoms with Gasteiger partial charge in [0.25, 0.3) is 0 Å². The number of aliphatic hydroxyl groups is 1. The van der Waals surface area contributed by atoms with Crippen molar-refractivity contribution in [1.82, 2.24) is 25.0 Å². The van der Waals surface area contributed by atoms with Crippen molar-refractivity contribution in [2.45, 2.75) is 176 Å². The molecule has 2 N–H and O–H groups in total. The van der Waals surface area contributed by atoms with E-state index >= 15 is 0 Å². The maximum absolute atomic E-state index is 11.2. The smallest absolute Gasteiger partial charge is 0.410 e. The first-order valence-electron chi connectivity index (χ1n) is 17.6. The summed E-state index contributed by atoms with van der Waals surface area (Å²) >= 11 is 0. The summed E-state index contributed by atoms with van der Waals surface area (Å²) in [6.45, 7) is 38.5. The van der Waals surface area contributed by atoms with Gasteiger partial charge in [-0.25, -0.2) is 9.78 Å². The van der Waals surface area contributed by atoms with Crippen LogP contribution in [0.2, 0.25) is 0 Å². The van der Waals surface area contributed by atoms with Gasteiger partial charge < -0.3 is 19.9 Å². The first kappa shape index (κ1) is 56.7. The van der Waals surface area contributed by atoms with Gasteiger partial charge in [-0.15, -0.1) is 0 Å². The molecular weight excluding hydrogens is 634 g/mol. The quantitative estimate of drug-likeness (QED) is 0.229. The van der Waals surface area contributed by atoms with Gasteiger partial charge >= 0.3 is 12.1 Å². The SMILES string of the molecule is C.C.CC(C)C(=O)NC(C)(C)C.CC(C)CCC(C)(C)O.CC(C)CN1C(=O)OCC1(C)C.CC(C)Cn1cncn1.CCOC(=O)C(C)C. The fraction of sp³-hybridized carbons (Fsp3) is 0.872. The minimum atomic E-state index is -0.468. The minimum absolute atomic E-state index is 0. The topological polar surface area (TPSA) is 136 Å². The van der Waals surface area contributed by atoms with Crippen molar-refractivity contribution in [3.05, 3.63) is 12.7 Å². The predicted molar refractivity (Wildman–Crippen MR) is 210 cm³/mol. The highest BCUT2D eigenvalue weighted by atomic mass is 16.6. The van der Waals surface area contributed by atoms with Gasteiger partial charge in [0.2, 0.25) is 5.91 Å². The number of cyclic esters (lactones) is 1. The molecule has 300 valence electrons. The number of esters is 1. The van der Waals surface area contributed by atoms with Crippen molar-refractivity contribution in [3.8, 4) is 0 Å². The average Bonchev–Trinajstić information content (AvgIpc) is 3.50. The number of ether oxygens (including phenoxy) is 2. The Labute approximate surface area is 309 Å². The van der Waals surface area contributed by atoms with E-state index in [0.717, 1.165) is 25.9 Å². The van der Waals surface area contributed by atoms with E-state index in [9.17, 15) is 19.5 Å². The van der Waals surface area contributed by atoms with E-state index in [1.807, 2.05) is 80.8 Å². The Bertz CT molecular complexity index is 976. The highest BCUT2D eigenvalue weighted by Gasteiger charge is 2.39. The van der Waals surface area contributed by atoms with Gasteiger partial charge in [-0.3, -0.25) is 19.2 Å². The summed E-state index contributed by atoms with van der Waals surface area (Å²) in [5, 5.41) is 16.1. The Kier molecular flexibility index (Phi) is 31.7. The maximum Gasteiger partial charge on any atom is 0.410 e. The number of hydrogen-bond donors (Lipinski definition) is 2. The zero-order valence-corrected chi connectivity index (χ0v) is 34.1. The molecule has 0 unspecified atom stereocenters. The zero-order valence-electron chi connectivity index (χ0n) is 34.1. The van der Waals surface area contributed by atoms with E-state index in [1.54, 1.807) is 24.5 Å². The van der Waals surface area contributed by atoms with Crippen LogP contribution in [-0.4, -0.2) is 79.2 Å². The third-order valence-corrected chi connectivity index (χ3v) is 6.18. The average molecular weight is 718 g/mol. The van der Waals surface area contributed by atoms with E-state index < -0.39 is 5.60 Å². The van der Waals surface area contributed by atoms with Crippen LogP contribution < -0.4 is 5.32 Å². The number of rotatable bonds is 10. The Balaban J connectivity index is -0.000000168. The predicted octanol–water partition coefficient (Wildman–Crippen LogP) is 9.04. The molecule has 11 nitrogen and oxygen atoms in total. The molecular formula is C39H83N5O6. The van der Waals surface area contributed by atoms with Crippen LogP contribution in [0, 0.1) is 29.6 Å². The zero-order chi connectivity index (χ0) is 38.5. The molecule has 0 aliphatic carbocycles. The second-order valence-electron chi connectivity index (χ2n) is 16.4. The van der Waals surface area contributed by atoms with Crippen LogP contribution in [0.4, 0.5) is 4.79 Å². The molecule has 1 aliphatic rings. The lowest BCUT2D eigenvalue weighted by Gasteiger charge is -2.29. The Morgan fingerprint density at radius 3 is 1.64 bits per heavy atom.